The number of nitrogens with zero attached hydrogens (tertiary/aromatic N) is 8. The molecule has 1 N–H and O–H groups in total. The monoisotopic (exact) mass is 902 g/mol. The van der Waals surface area contributed by atoms with E-state index in [4.69, 9.17) is 16.6 Å². The standard InChI is InChI=1S/C41H34ClF7N8O4S/c1-39(59,18-56-20-50-19-51-56)9-8-25-4-5-27(28-6-7-31(42)34-32(17-62(3,60)61)53-55(2)36(28)34)35(52-25)22(10-21-11-23(43)14-24(44)12-21)13-26(58)16-57-38-33(37(54-57)41(47,48)49)29-15-30(29)40(38,45)46/h4-7,11-12,14,19-20,22,29-30,59H,10,13,15-18H2,1-3H3/t22-,29+,30-,39?/m1/s1. The summed E-state index contributed by atoms with van der Waals surface area (Å²) in [6.45, 7) is 0.324. The summed E-state index contributed by atoms with van der Waals surface area (Å²) in [6.07, 6.45) is -2.49. The van der Waals surface area contributed by atoms with Crippen LogP contribution < -0.4 is 0 Å². The summed E-state index contributed by atoms with van der Waals surface area (Å²) in [4.78, 5) is 22.8. The fourth-order valence-electron chi connectivity index (χ4n) is 8.35. The zero-order valence-electron chi connectivity index (χ0n) is 32.9. The summed E-state index contributed by atoms with van der Waals surface area (Å²) in [6, 6.07) is 8.82. The molecule has 0 saturated heterocycles. The minimum Gasteiger partial charge on any atom is -0.376 e. The molecular weight excluding hydrogens is 869 g/mol. The lowest BCUT2D eigenvalue weighted by atomic mass is 9.86. The maximum absolute atomic E-state index is 15.5. The molecule has 0 aliphatic heterocycles. The second kappa shape index (κ2) is 15.3. The van der Waals surface area contributed by atoms with E-state index >= 15 is 8.78 Å². The summed E-state index contributed by atoms with van der Waals surface area (Å²) < 4.78 is 131. The van der Waals surface area contributed by atoms with Gasteiger partial charge in [0.2, 0.25) is 0 Å². The van der Waals surface area contributed by atoms with Gasteiger partial charge in [0.25, 0.3) is 5.92 Å². The molecule has 2 aliphatic carbocycles. The Kier molecular flexibility index (Phi) is 10.6. The van der Waals surface area contributed by atoms with Gasteiger partial charge in [0.15, 0.2) is 21.3 Å². The molecule has 6 aromatic rings. The Bertz CT molecular complexity index is 2940. The minimum absolute atomic E-state index is 0.0389. The molecule has 4 heterocycles. The molecule has 1 saturated carbocycles. The predicted octanol–water partition coefficient (Wildman–Crippen LogP) is 6.92. The highest BCUT2D eigenvalue weighted by Crippen LogP contribution is 2.68. The fourth-order valence-corrected chi connectivity index (χ4v) is 9.31. The molecular formula is C41H34ClF7N8O4S. The van der Waals surface area contributed by atoms with Gasteiger partial charge in [-0.15, -0.1) is 0 Å². The van der Waals surface area contributed by atoms with E-state index in [9.17, 15) is 40.3 Å². The van der Waals surface area contributed by atoms with Crippen molar-refractivity contribution >= 4 is 38.1 Å². The van der Waals surface area contributed by atoms with E-state index in [1.807, 2.05) is 0 Å². The average Bonchev–Trinajstić information content (AvgIpc) is 3.36. The molecule has 324 valence electrons. The lowest BCUT2D eigenvalue weighted by Crippen LogP contribution is -2.28. The molecule has 2 aromatic carbocycles. The van der Waals surface area contributed by atoms with Crippen LogP contribution in [0.25, 0.3) is 22.0 Å². The Morgan fingerprint density at radius 2 is 1.79 bits per heavy atom. The maximum atomic E-state index is 15.5. The van der Waals surface area contributed by atoms with Crippen LogP contribution in [0.3, 0.4) is 0 Å². The van der Waals surface area contributed by atoms with E-state index in [0.717, 1.165) is 18.4 Å². The van der Waals surface area contributed by atoms with Crippen LogP contribution in [0.2, 0.25) is 5.02 Å². The van der Waals surface area contributed by atoms with Crippen molar-refractivity contribution in [3.8, 4) is 23.0 Å². The number of aryl methyl sites for hydroxylation is 1. The first kappa shape index (κ1) is 43.0. The Balaban J connectivity index is 1.28. The van der Waals surface area contributed by atoms with E-state index in [1.54, 1.807) is 19.2 Å². The summed E-state index contributed by atoms with van der Waals surface area (Å²) in [5.41, 5.74) is -3.51. The van der Waals surface area contributed by atoms with Crippen LogP contribution in [0.15, 0.2) is 55.1 Å². The average molecular weight is 903 g/mol. The van der Waals surface area contributed by atoms with Crippen molar-refractivity contribution in [1.82, 2.24) is 39.3 Å². The zero-order valence-corrected chi connectivity index (χ0v) is 34.4. The second-order valence-corrected chi connectivity index (χ2v) is 18.5. The molecule has 62 heavy (non-hydrogen) atoms. The molecule has 0 amide bonds. The highest BCUT2D eigenvalue weighted by molar-refractivity contribution is 7.89. The third-order valence-corrected chi connectivity index (χ3v) is 11.9. The number of Topliss-reactive ketones (excluding diaryl/α,β-unsaturated/α-hetero) is 1. The lowest BCUT2D eigenvalue weighted by Gasteiger charge is -2.22. The molecule has 1 unspecified atom stereocenters. The van der Waals surface area contributed by atoms with Gasteiger partial charge in [-0.1, -0.05) is 23.6 Å². The SMILES string of the molecule is Cn1nc(CS(C)(=O)=O)c2c(Cl)ccc(-c3ccc(C#CC(C)(O)Cn4cncn4)nc3[C@@H](CC(=O)Cn3nc(C(F)(F)F)c4c3C(F)(F)[C@@H]3C[C@H]43)Cc3cc(F)cc(F)c3)c21. The topological polar surface area (TPSA) is 151 Å². The Morgan fingerprint density at radius 1 is 1.08 bits per heavy atom. The van der Waals surface area contributed by atoms with E-state index in [-0.39, 0.29) is 58.0 Å². The summed E-state index contributed by atoms with van der Waals surface area (Å²) >= 11 is 6.65. The number of hydrogen-bond donors (Lipinski definition) is 1. The number of hydrogen-bond acceptors (Lipinski definition) is 9. The minimum atomic E-state index is -5.08. The van der Waals surface area contributed by atoms with Crippen molar-refractivity contribution in [2.75, 3.05) is 6.26 Å². The summed E-state index contributed by atoms with van der Waals surface area (Å²) in [5, 5.41) is 23.4. The van der Waals surface area contributed by atoms with Crippen molar-refractivity contribution in [3.05, 3.63) is 111 Å². The van der Waals surface area contributed by atoms with Crippen molar-refractivity contribution in [2.45, 2.75) is 74.6 Å². The van der Waals surface area contributed by atoms with E-state index in [1.165, 1.54) is 41.1 Å². The van der Waals surface area contributed by atoms with Gasteiger partial charge in [-0.3, -0.25) is 14.2 Å². The molecule has 8 rings (SSSR count). The molecule has 0 radical (unpaired) electrons. The molecule has 12 nitrogen and oxygen atoms in total. The quantitative estimate of drug-likeness (QED) is 0.102. The smallest absolute Gasteiger partial charge is 0.376 e. The second-order valence-electron chi connectivity index (χ2n) is 16.0. The molecule has 1 fully saturated rings. The van der Waals surface area contributed by atoms with Crippen LogP contribution in [-0.2, 0) is 59.0 Å². The lowest BCUT2D eigenvalue weighted by molar-refractivity contribution is -0.142. The van der Waals surface area contributed by atoms with Gasteiger partial charge in [-0.25, -0.2) is 31.8 Å². The third-order valence-electron chi connectivity index (χ3n) is 10.8. The first-order chi connectivity index (χ1) is 29.0. The Hall–Kier alpha value is -5.65. The van der Waals surface area contributed by atoms with Crippen molar-refractivity contribution in [2.24, 2.45) is 13.0 Å². The Labute approximate surface area is 353 Å². The van der Waals surface area contributed by atoms with Crippen LogP contribution in [0.5, 0.6) is 0 Å². The predicted molar refractivity (Wildman–Crippen MR) is 209 cm³/mol. The van der Waals surface area contributed by atoms with Gasteiger partial charge in [0.1, 0.15) is 47.8 Å². The van der Waals surface area contributed by atoms with Crippen LogP contribution in [-0.4, -0.2) is 70.5 Å². The number of carbonyl (C=O) groups excluding carboxylic acids is 1. The number of benzene rings is 2. The van der Waals surface area contributed by atoms with E-state index < -0.39 is 98.4 Å². The normalized spacial score (nSPS) is 18.2. The number of rotatable bonds is 12. The number of fused-ring (bicyclic) bond motifs is 4. The highest BCUT2D eigenvalue weighted by atomic mass is 35.5. The highest BCUT2D eigenvalue weighted by Gasteiger charge is 2.68. The van der Waals surface area contributed by atoms with Gasteiger partial charge in [0, 0.05) is 59.7 Å². The summed E-state index contributed by atoms with van der Waals surface area (Å²) in [5.74, 6) is -4.95. The van der Waals surface area contributed by atoms with Gasteiger partial charge in [-0.2, -0.15) is 37.2 Å². The van der Waals surface area contributed by atoms with Gasteiger partial charge < -0.3 is 5.11 Å². The van der Waals surface area contributed by atoms with Crippen molar-refractivity contribution in [3.63, 3.8) is 0 Å². The van der Waals surface area contributed by atoms with E-state index in [2.05, 4.69) is 32.1 Å². The number of carbonyl (C=O) groups is 1. The number of aliphatic hydroxyl groups is 1. The molecule has 4 aromatic heterocycles. The van der Waals surface area contributed by atoms with Gasteiger partial charge in [-0.05, 0) is 67.5 Å². The van der Waals surface area contributed by atoms with E-state index in [0.29, 0.717) is 21.8 Å². The number of aromatic nitrogens is 8. The van der Waals surface area contributed by atoms with Crippen LogP contribution in [0.4, 0.5) is 30.7 Å². The fraction of sp³-hybridized carbons (Fsp3) is 0.366. The van der Waals surface area contributed by atoms with Crippen LogP contribution >= 0.6 is 11.6 Å². The Morgan fingerprint density at radius 3 is 2.45 bits per heavy atom. The third kappa shape index (κ3) is 8.44. The molecule has 4 atom stereocenters. The van der Waals surface area contributed by atoms with Crippen LogP contribution in [0, 0.1) is 29.4 Å². The van der Waals surface area contributed by atoms with Gasteiger partial charge in [0.05, 0.1) is 34.2 Å². The number of ketones is 1. The first-order valence-corrected chi connectivity index (χ1v) is 21.4. The molecule has 0 bridgehead atoms. The summed E-state index contributed by atoms with van der Waals surface area (Å²) in [7, 11) is -2.07. The number of sulfone groups is 1. The molecule has 21 heteroatoms. The van der Waals surface area contributed by atoms with Crippen LogP contribution in [0.1, 0.15) is 71.2 Å². The zero-order chi connectivity index (χ0) is 44.7. The number of halogens is 8. The maximum Gasteiger partial charge on any atom is 0.435 e. The largest absolute Gasteiger partial charge is 0.435 e. The number of pyridine rings is 1. The van der Waals surface area contributed by atoms with Crippen molar-refractivity contribution in [1.29, 1.82) is 0 Å². The van der Waals surface area contributed by atoms with Gasteiger partial charge >= 0.3 is 6.18 Å². The number of alkyl halides is 5. The molecule has 2 aliphatic rings. The molecule has 0 spiro atoms. The van der Waals surface area contributed by atoms with Crippen molar-refractivity contribution < 1.29 is 49.1 Å². The first-order valence-electron chi connectivity index (χ1n) is 18.9.